The van der Waals surface area contributed by atoms with Gasteiger partial charge in [-0.05, 0) is 18.9 Å². The van der Waals surface area contributed by atoms with Crippen LogP contribution in [0, 0.1) is 6.92 Å². The maximum atomic E-state index is 11.5. The fourth-order valence-corrected chi connectivity index (χ4v) is 4.31. The topological polar surface area (TPSA) is 84.0 Å². The van der Waals surface area contributed by atoms with E-state index in [1.807, 2.05) is 43.3 Å². The molecule has 1 aromatic heterocycles. The van der Waals surface area contributed by atoms with Crippen LogP contribution in [0.2, 0.25) is 0 Å². The maximum absolute atomic E-state index is 11.5. The molecule has 1 aromatic carbocycles. The Hall–Kier alpha value is -2.15. The van der Waals surface area contributed by atoms with Crippen LogP contribution >= 0.6 is 0 Å². The Morgan fingerprint density at radius 1 is 1.17 bits per heavy atom. The van der Waals surface area contributed by atoms with E-state index in [0.717, 1.165) is 5.82 Å². The van der Waals surface area contributed by atoms with E-state index in [0.29, 0.717) is 24.6 Å². The minimum atomic E-state index is -2.90. The molecule has 122 valence electrons. The molecule has 0 spiro atoms. The van der Waals surface area contributed by atoms with E-state index in [1.165, 1.54) is 5.56 Å². The Bertz CT molecular complexity index is 778. The third-order valence-corrected chi connectivity index (χ3v) is 5.51. The zero-order valence-corrected chi connectivity index (χ0v) is 13.8. The van der Waals surface area contributed by atoms with Crippen LogP contribution in [0.5, 0.6) is 0 Å². The molecule has 0 amide bonds. The first-order chi connectivity index (χ1) is 11.0. The zero-order chi connectivity index (χ0) is 16.3. The lowest BCUT2D eigenvalue weighted by molar-refractivity contribution is 0.602. The number of rotatable bonds is 5. The molecule has 2 heterocycles. The van der Waals surface area contributed by atoms with E-state index in [2.05, 4.69) is 20.6 Å². The molecule has 0 radical (unpaired) electrons. The summed E-state index contributed by atoms with van der Waals surface area (Å²) in [7, 11) is -2.90. The van der Waals surface area contributed by atoms with E-state index < -0.39 is 9.84 Å². The van der Waals surface area contributed by atoms with Crippen LogP contribution < -0.4 is 10.6 Å². The SMILES string of the molecule is Cc1nc(NCc2ccccc2)cc(NC2CCS(=O)(=O)C2)n1. The highest BCUT2D eigenvalue weighted by Crippen LogP contribution is 2.18. The number of aryl methyl sites for hydroxylation is 1. The molecule has 1 aliphatic rings. The lowest BCUT2D eigenvalue weighted by Gasteiger charge is -2.13. The van der Waals surface area contributed by atoms with Crippen molar-refractivity contribution in [3.8, 4) is 0 Å². The lowest BCUT2D eigenvalue weighted by Crippen LogP contribution is -2.21. The molecule has 3 rings (SSSR count). The molecule has 1 aliphatic heterocycles. The van der Waals surface area contributed by atoms with Crippen LogP contribution in [0.3, 0.4) is 0 Å². The number of aromatic nitrogens is 2. The van der Waals surface area contributed by atoms with Gasteiger partial charge in [0.1, 0.15) is 17.5 Å². The number of nitrogens with zero attached hydrogens (tertiary/aromatic N) is 2. The smallest absolute Gasteiger partial charge is 0.152 e. The summed E-state index contributed by atoms with van der Waals surface area (Å²) in [6.45, 7) is 2.50. The van der Waals surface area contributed by atoms with Crippen molar-refractivity contribution in [2.75, 3.05) is 22.1 Å². The predicted molar refractivity (Wildman–Crippen MR) is 91.2 cm³/mol. The summed E-state index contributed by atoms with van der Waals surface area (Å²) >= 11 is 0. The number of hydrogen-bond acceptors (Lipinski definition) is 6. The van der Waals surface area contributed by atoms with Crippen LogP contribution in [0.1, 0.15) is 17.8 Å². The second-order valence-electron chi connectivity index (χ2n) is 5.77. The molecule has 1 unspecified atom stereocenters. The van der Waals surface area contributed by atoms with Gasteiger partial charge < -0.3 is 10.6 Å². The van der Waals surface area contributed by atoms with Crippen molar-refractivity contribution in [1.82, 2.24) is 9.97 Å². The van der Waals surface area contributed by atoms with Crippen LogP contribution in [-0.4, -0.2) is 35.9 Å². The van der Waals surface area contributed by atoms with Crippen molar-refractivity contribution < 1.29 is 8.42 Å². The molecule has 1 fully saturated rings. The Morgan fingerprint density at radius 2 is 1.91 bits per heavy atom. The van der Waals surface area contributed by atoms with Gasteiger partial charge in [-0.1, -0.05) is 30.3 Å². The van der Waals surface area contributed by atoms with Crippen molar-refractivity contribution in [1.29, 1.82) is 0 Å². The molecular weight excluding hydrogens is 312 g/mol. The first kappa shape index (κ1) is 15.7. The summed E-state index contributed by atoms with van der Waals surface area (Å²) in [6.07, 6.45) is 0.623. The summed E-state index contributed by atoms with van der Waals surface area (Å²) in [6, 6.07) is 11.8. The molecule has 7 heteroatoms. The average Bonchev–Trinajstić information content (AvgIpc) is 2.84. The van der Waals surface area contributed by atoms with Crippen LogP contribution in [0.15, 0.2) is 36.4 Å². The van der Waals surface area contributed by atoms with E-state index in [4.69, 9.17) is 0 Å². The van der Waals surface area contributed by atoms with Crippen molar-refractivity contribution >= 4 is 21.5 Å². The number of sulfone groups is 1. The highest BCUT2D eigenvalue weighted by Gasteiger charge is 2.28. The van der Waals surface area contributed by atoms with E-state index in [-0.39, 0.29) is 17.5 Å². The fourth-order valence-electron chi connectivity index (χ4n) is 2.64. The van der Waals surface area contributed by atoms with Gasteiger partial charge >= 0.3 is 0 Å². The maximum Gasteiger partial charge on any atom is 0.152 e. The van der Waals surface area contributed by atoms with E-state index >= 15 is 0 Å². The fraction of sp³-hybridized carbons (Fsp3) is 0.375. The molecule has 2 N–H and O–H groups in total. The van der Waals surface area contributed by atoms with Crippen molar-refractivity contribution in [2.24, 2.45) is 0 Å². The summed E-state index contributed by atoms with van der Waals surface area (Å²) in [5, 5.41) is 6.48. The van der Waals surface area contributed by atoms with Crippen molar-refractivity contribution in [2.45, 2.75) is 25.9 Å². The average molecular weight is 332 g/mol. The van der Waals surface area contributed by atoms with E-state index in [9.17, 15) is 8.42 Å². The molecule has 6 nitrogen and oxygen atoms in total. The van der Waals surface area contributed by atoms with Crippen LogP contribution in [-0.2, 0) is 16.4 Å². The minimum absolute atomic E-state index is 0.0729. The first-order valence-corrected chi connectivity index (χ1v) is 9.43. The van der Waals surface area contributed by atoms with Gasteiger partial charge in [-0.25, -0.2) is 18.4 Å². The Kier molecular flexibility index (Phi) is 4.47. The van der Waals surface area contributed by atoms with Gasteiger partial charge in [0.15, 0.2) is 9.84 Å². The number of nitrogens with one attached hydrogen (secondary N) is 2. The van der Waals surface area contributed by atoms with Crippen molar-refractivity contribution in [3.63, 3.8) is 0 Å². The van der Waals surface area contributed by atoms with Gasteiger partial charge in [0.05, 0.1) is 11.5 Å². The largest absolute Gasteiger partial charge is 0.366 e. The quantitative estimate of drug-likeness (QED) is 0.871. The molecule has 1 saturated heterocycles. The van der Waals surface area contributed by atoms with Crippen LogP contribution in [0.25, 0.3) is 0 Å². The summed E-state index contributed by atoms with van der Waals surface area (Å²) in [5.41, 5.74) is 1.17. The summed E-state index contributed by atoms with van der Waals surface area (Å²) < 4.78 is 23.1. The Labute approximate surface area is 136 Å². The second-order valence-corrected chi connectivity index (χ2v) is 8.00. The van der Waals surface area contributed by atoms with Crippen LogP contribution in [0.4, 0.5) is 11.6 Å². The standard InChI is InChI=1S/C16H20N4O2S/c1-12-18-15(17-10-13-5-3-2-4-6-13)9-16(19-12)20-14-7-8-23(21,22)11-14/h2-6,9,14H,7-8,10-11H2,1H3,(H2,17,18,19,20). The Balaban J connectivity index is 1.67. The molecule has 2 aromatic rings. The zero-order valence-electron chi connectivity index (χ0n) is 13.0. The molecular formula is C16H20N4O2S. The molecule has 23 heavy (non-hydrogen) atoms. The molecule has 1 atom stereocenters. The first-order valence-electron chi connectivity index (χ1n) is 7.61. The van der Waals surface area contributed by atoms with Gasteiger partial charge in [-0.3, -0.25) is 0 Å². The lowest BCUT2D eigenvalue weighted by atomic mass is 10.2. The summed E-state index contributed by atoms with van der Waals surface area (Å²) in [5.74, 6) is 2.45. The number of anilines is 2. The normalized spacial score (nSPS) is 19.4. The molecule has 0 aliphatic carbocycles. The van der Waals surface area contributed by atoms with Gasteiger partial charge in [0, 0.05) is 18.7 Å². The van der Waals surface area contributed by atoms with Gasteiger partial charge in [-0.2, -0.15) is 0 Å². The predicted octanol–water partition coefficient (Wildman–Crippen LogP) is 2.00. The van der Waals surface area contributed by atoms with Gasteiger partial charge in [0.2, 0.25) is 0 Å². The highest BCUT2D eigenvalue weighted by molar-refractivity contribution is 7.91. The van der Waals surface area contributed by atoms with Gasteiger partial charge in [-0.15, -0.1) is 0 Å². The summed E-state index contributed by atoms with van der Waals surface area (Å²) in [4.78, 5) is 8.71. The third kappa shape index (κ3) is 4.41. The van der Waals surface area contributed by atoms with Gasteiger partial charge in [0.25, 0.3) is 0 Å². The van der Waals surface area contributed by atoms with E-state index in [1.54, 1.807) is 0 Å². The number of hydrogen-bond donors (Lipinski definition) is 2. The van der Waals surface area contributed by atoms with Crippen molar-refractivity contribution in [3.05, 3.63) is 47.8 Å². The number of benzene rings is 1. The molecule has 0 saturated carbocycles. The minimum Gasteiger partial charge on any atom is -0.366 e. The Morgan fingerprint density at radius 3 is 2.61 bits per heavy atom. The molecule has 0 bridgehead atoms. The monoisotopic (exact) mass is 332 g/mol. The third-order valence-electron chi connectivity index (χ3n) is 3.74. The second kappa shape index (κ2) is 6.54. The highest BCUT2D eigenvalue weighted by atomic mass is 32.2.